The van der Waals surface area contributed by atoms with E-state index in [-0.39, 0.29) is 11.9 Å². The zero-order valence-corrected chi connectivity index (χ0v) is 7.04. The van der Waals surface area contributed by atoms with Gasteiger partial charge in [0.2, 0.25) is 0 Å². The molecule has 0 amide bonds. The van der Waals surface area contributed by atoms with Crippen LogP contribution in [-0.4, -0.2) is 5.97 Å². The van der Waals surface area contributed by atoms with Gasteiger partial charge in [0, 0.05) is 13.3 Å². The molecule has 3 heteroatoms. The van der Waals surface area contributed by atoms with E-state index in [4.69, 9.17) is 10.00 Å². The number of allylic oxidation sites excluding steroid dienone is 2. The van der Waals surface area contributed by atoms with Gasteiger partial charge in [-0.05, 0) is 18.9 Å². The molecule has 0 aromatic heterocycles. The first-order valence-corrected chi connectivity index (χ1v) is 3.99. The average Bonchev–Trinajstić information content (AvgIpc) is 2.03. The third-order valence-electron chi connectivity index (χ3n) is 1.79. The van der Waals surface area contributed by atoms with Gasteiger partial charge in [-0.1, -0.05) is 0 Å². The van der Waals surface area contributed by atoms with Gasteiger partial charge < -0.3 is 4.74 Å². The second kappa shape index (κ2) is 3.91. The molecular weight excluding hydrogens is 154 g/mol. The van der Waals surface area contributed by atoms with E-state index in [1.54, 1.807) is 0 Å². The molecule has 0 fully saturated rings. The second-order valence-electron chi connectivity index (χ2n) is 2.87. The van der Waals surface area contributed by atoms with Crippen molar-refractivity contribution >= 4 is 5.97 Å². The Bertz CT molecular complexity index is 250. The minimum Gasteiger partial charge on any atom is -0.432 e. The van der Waals surface area contributed by atoms with Gasteiger partial charge in [-0.2, -0.15) is 5.26 Å². The van der Waals surface area contributed by atoms with Crippen molar-refractivity contribution in [1.29, 1.82) is 5.26 Å². The lowest BCUT2D eigenvalue weighted by Crippen LogP contribution is -2.08. The van der Waals surface area contributed by atoms with Gasteiger partial charge in [-0.25, -0.2) is 0 Å². The zero-order chi connectivity index (χ0) is 8.97. The molecule has 0 spiro atoms. The molecule has 0 heterocycles. The Kier molecular flexibility index (Phi) is 2.87. The number of esters is 1. The molecule has 0 aromatic carbocycles. The fraction of sp³-hybridized carbons (Fsp3) is 0.556. The summed E-state index contributed by atoms with van der Waals surface area (Å²) in [6, 6.07) is 2.17. The molecule has 3 nitrogen and oxygen atoms in total. The normalized spacial score (nSPS) is 22.3. The van der Waals surface area contributed by atoms with Crippen LogP contribution in [0.1, 0.15) is 26.2 Å². The Labute approximate surface area is 71.6 Å². The van der Waals surface area contributed by atoms with Crippen molar-refractivity contribution in [2.75, 3.05) is 0 Å². The molecule has 1 unspecified atom stereocenters. The maximum atomic E-state index is 10.6. The fourth-order valence-electron chi connectivity index (χ4n) is 1.25. The summed E-state index contributed by atoms with van der Waals surface area (Å²) in [6.45, 7) is 1.37. The minimum absolute atomic E-state index is 0.0179. The van der Waals surface area contributed by atoms with Crippen molar-refractivity contribution in [3.8, 4) is 6.07 Å². The molecule has 1 aliphatic rings. The highest BCUT2D eigenvalue weighted by atomic mass is 16.5. The number of hydrogen-bond acceptors (Lipinski definition) is 3. The van der Waals surface area contributed by atoms with Gasteiger partial charge in [-0.3, -0.25) is 4.79 Å². The largest absolute Gasteiger partial charge is 0.432 e. The number of nitrogens with zero attached hydrogens (tertiary/aromatic N) is 1. The van der Waals surface area contributed by atoms with Crippen LogP contribution in [0.4, 0.5) is 0 Å². The van der Waals surface area contributed by atoms with Crippen molar-refractivity contribution in [3.63, 3.8) is 0 Å². The minimum atomic E-state index is -0.306. The quantitative estimate of drug-likeness (QED) is 0.556. The highest BCUT2D eigenvalue weighted by Gasteiger charge is 2.16. The van der Waals surface area contributed by atoms with E-state index in [0.717, 1.165) is 12.8 Å². The summed E-state index contributed by atoms with van der Waals surface area (Å²) in [5.41, 5.74) is 0. The van der Waals surface area contributed by atoms with Gasteiger partial charge in [0.1, 0.15) is 5.76 Å². The van der Waals surface area contributed by atoms with Crippen LogP contribution in [0.5, 0.6) is 0 Å². The Hall–Kier alpha value is -1.30. The maximum Gasteiger partial charge on any atom is 0.307 e. The molecule has 64 valence electrons. The Morgan fingerprint density at radius 1 is 1.83 bits per heavy atom. The smallest absolute Gasteiger partial charge is 0.307 e. The summed E-state index contributed by atoms with van der Waals surface area (Å²) < 4.78 is 4.89. The lowest BCUT2D eigenvalue weighted by atomic mass is 9.94. The molecule has 1 aliphatic carbocycles. The molecule has 12 heavy (non-hydrogen) atoms. The number of carbonyl (C=O) groups excluding carboxylic acids is 1. The average molecular weight is 165 g/mol. The lowest BCUT2D eigenvalue weighted by Gasteiger charge is -2.15. The Morgan fingerprint density at radius 2 is 2.58 bits per heavy atom. The van der Waals surface area contributed by atoms with E-state index in [9.17, 15) is 4.79 Å². The van der Waals surface area contributed by atoms with E-state index >= 15 is 0 Å². The van der Waals surface area contributed by atoms with E-state index < -0.39 is 0 Å². The Balaban J connectivity index is 2.51. The van der Waals surface area contributed by atoms with E-state index in [1.807, 2.05) is 6.08 Å². The lowest BCUT2D eigenvalue weighted by molar-refractivity contribution is -0.137. The predicted octanol–water partition coefficient (Wildman–Crippen LogP) is 1.76. The summed E-state index contributed by atoms with van der Waals surface area (Å²) in [5.74, 6) is 0.365. The van der Waals surface area contributed by atoms with Crippen LogP contribution < -0.4 is 0 Å². The zero-order valence-electron chi connectivity index (χ0n) is 7.04. The monoisotopic (exact) mass is 165 g/mol. The standard InChI is InChI=1S/C9H11NO2/c1-7(11)12-9-4-2-3-8(5-9)6-10/h4,8H,2-3,5H2,1H3. The highest BCUT2D eigenvalue weighted by molar-refractivity contribution is 5.67. The molecule has 1 atom stereocenters. The van der Waals surface area contributed by atoms with Crippen molar-refractivity contribution in [2.45, 2.75) is 26.2 Å². The van der Waals surface area contributed by atoms with Crippen molar-refractivity contribution < 1.29 is 9.53 Å². The highest BCUT2D eigenvalue weighted by Crippen LogP contribution is 2.23. The molecule has 1 rings (SSSR count). The van der Waals surface area contributed by atoms with E-state index in [0.29, 0.717) is 12.2 Å². The van der Waals surface area contributed by atoms with Gasteiger partial charge in [0.05, 0.1) is 12.0 Å². The van der Waals surface area contributed by atoms with Crippen LogP contribution in [0.25, 0.3) is 0 Å². The molecule has 0 aliphatic heterocycles. The molecule has 0 saturated carbocycles. The van der Waals surface area contributed by atoms with Gasteiger partial charge in [0.25, 0.3) is 0 Å². The second-order valence-corrected chi connectivity index (χ2v) is 2.87. The van der Waals surface area contributed by atoms with Crippen LogP contribution in [0.2, 0.25) is 0 Å². The van der Waals surface area contributed by atoms with Crippen molar-refractivity contribution in [2.24, 2.45) is 5.92 Å². The van der Waals surface area contributed by atoms with Crippen molar-refractivity contribution in [1.82, 2.24) is 0 Å². The van der Waals surface area contributed by atoms with Crippen LogP contribution >= 0.6 is 0 Å². The summed E-state index contributed by atoms with van der Waals surface area (Å²) in [4.78, 5) is 10.6. The topological polar surface area (TPSA) is 50.1 Å². The number of ether oxygens (including phenoxy) is 1. The first-order valence-electron chi connectivity index (χ1n) is 3.99. The van der Waals surface area contributed by atoms with Crippen LogP contribution in [0.15, 0.2) is 11.8 Å². The van der Waals surface area contributed by atoms with Gasteiger partial charge in [0.15, 0.2) is 0 Å². The maximum absolute atomic E-state index is 10.6. The first-order chi connectivity index (χ1) is 5.72. The number of carbonyl (C=O) groups is 1. The first kappa shape index (κ1) is 8.79. The van der Waals surface area contributed by atoms with Gasteiger partial charge in [-0.15, -0.1) is 0 Å². The summed E-state index contributed by atoms with van der Waals surface area (Å²) in [7, 11) is 0. The van der Waals surface area contributed by atoms with Crippen LogP contribution in [-0.2, 0) is 9.53 Å². The molecule has 0 radical (unpaired) electrons. The van der Waals surface area contributed by atoms with Crippen LogP contribution in [0, 0.1) is 17.2 Å². The number of nitriles is 1. The summed E-state index contributed by atoms with van der Waals surface area (Å²) >= 11 is 0. The predicted molar refractivity (Wildman–Crippen MR) is 42.8 cm³/mol. The Morgan fingerprint density at radius 3 is 3.17 bits per heavy atom. The van der Waals surface area contributed by atoms with Crippen molar-refractivity contribution in [3.05, 3.63) is 11.8 Å². The molecular formula is C9H11NO2. The molecule has 0 bridgehead atoms. The van der Waals surface area contributed by atoms with Crippen LogP contribution in [0.3, 0.4) is 0 Å². The summed E-state index contributed by atoms with van der Waals surface area (Å²) in [6.07, 6.45) is 4.17. The fourth-order valence-corrected chi connectivity index (χ4v) is 1.25. The molecule has 0 aromatic rings. The number of rotatable bonds is 1. The van der Waals surface area contributed by atoms with Gasteiger partial charge >= 0.3 is 5.97 Å². The SMILES string of the molecule is CC(=O)OC1=CCCC(C#N)C1. The third-order valence-corrected chi connectivity index (χ3v) is 1.79. The number of hydrogen-bond donors (Lipinski definition) is 0. The molecule has 0 N–H and O–H groups in total. The van der Waals surface area contributed by atoms with E-state index in [2.05, 4.69) is 6.07 Å². The van der Waals surface area contributed by atoms with E-state index in [1.165, 1.54) is 6.92 Å². The summed E-state index contributed by atoms with van der Waals surface area (Å²) in [5, 5.41) is 8.63. The third kappa shape index (κ3) is 2.39. The molecule has 0 saturated heterocycles.